The van der Waals surface area contributed by atoms with Crippen molar-refractivity contribution < 1.29 is 19.8 Å². The Morgan fingerprint density at radius 3 is 2.27 bits per heavy atom. The minimum atomic E-state index is -1.33. The van der Waals surface area contributed by atoms with Gasteiger partial charge < -0.3 is 10.2 Å². The molecular weight excluding hydrogens is 196 g/mol. The van der Waals surface area contributed by atoms with E-state index in [0.29, 0.717) is 5.56 Å². The molecule has 0 spiro atoms. The molecule has 0 aliphatic heterocycles. The summed E-state index contributed by atoms with van der Waals surface area (Å²) in [6.07, 6.45) is 5.15. The zero-order valence-electron chi connectivity index (χ0n) is 7.94. The van der Waals surface area contributed by atoms with Gasteiger partial charge in [0, 0.05) is 5.56 Å². The zero-order chi connectivity index (χ0) is 11.6. The lowest BCUT2D eigenvalue weighted by Gasteiger charge is -2.06. The Hall–Kier alpha value is -2.28. The van der Waals surface area contributed by atoms with Gasteiger partial charge in [-0.3, -0.25) is 0 Å². The number of terminal acetylenes is 1. The Bertz CT molecular complexity index is 480. The van der Waals surface area contributed by atoms with Gasteiger partial charge in [0.1, 0.15) is 0 Å². The van der Waals surface area contributed by atoms with Crippen molar-refractivity contribution >= 4 is 11.9 Å². The van der Waals surface area contributed by atoms with Crippen LogP contribution in [-0.4, -0.2) is 22.2 Å². The van der Waals surface area contributed by atoms with E-state index in [2.05, 4.69) is 5.92 Å². The summed E-state index contributed by atoms with van der Waals surface area (Å²) in [5.74, 6) is -0.435. The lowest BCUT2D eigenvalue weighted by atomic mass is 9.97. The number of carboxylic acid groups (broad SMARTS) is 2. The molecule has 0 aliphatic rings. The molecule has 0 bridgehead atoms. The van der Waals surface area contributed by atoms with Crippen LogP contribution in [0.25, 0.3) is 0 Å². The lowest BCUT2D eigenvalue weighted by Crippen LogP contribution is -2.11. The first-order valence-corrected chi connectivity index (χ1v) is 4.05. The first kappa shape index (κ1) is 10.8. The highest BCUT2D eigenvalue weighted by molar-refractivity contribution is 6.03. The SMILES string of the molecule is C#Cc1c(C)ccc(C(=O)O)c1C(=O)O. The van der Waals surface area contributed by atoms with E-state index < -0.39 is 11.9 Å². The number of carbonyl (C=O) groups is 2. The number of aromatic carboxylic acids is 2. The third-order valence-electron chi connectivity index (χ3n) is 2.00. The second kappa shape index (κ2) is 3.84. The monoisotopic (exact) mass is 204 g/mol. The van der Waals surface area contributed by atoms with E-state index in [0.717, 1.165) is 0 Å². The summed E-state index contributed by atoms with van der Waals surface area (Å²) < 4.78 is 0. The molecule has 0 amide bonds. The fourth-order valence-electron chi connectivity index (χ4n) is 1.29. The van der Waals surface area contributed by atoms with Crippen molar-refractivity contribution in [3.63, 3.8) is 0 Å². The average Bonchev–Trinajstić information content (AvgIpc) is 2.16. The summed E-state index contributed by atoms with van der Waals surface area (Å²) in [6.45, 7) is 1.63. The van der Waals surface area contributed by atoms with Crippen LogP contribution in [0.15, 0.2) is 12.1 Å². The Labute approximate surface area is 86.2 Å². The van der Waals surface area contributed by atoms with E-state index in [1.165, 1.54) is 12.1 Å². The maximum atomic E-state index is 10.9. The van der Waals surface area contributed by atoms with Crippen LogP contribution in [0.5, 0.6) is 0 Å². The standard InChI is InChI=1S/C11H8O4/c1-3-7-6(2)4-5-8(10(12)13)9(7)11(14)15/h1,4-5H,2H3,(H,12,13)(H,14,15). The maximum absolute atomic E-state index is 10.9. The van der Waals surface area contributed by atoms with Gasteiger partial charge in [-0.05, 0) is 18.6 Å². The van der Waals surface area contributed by atoms with E-state index in [9.17, 15) is 9.59 Å². The highest BCUT2D eigenvalue weighted by atomic mass is 16.4. The van der Waals surface area contributed by atoms with E-state index in [4.69, 9.17) is 16.6 Å². The van der Waals surface area contributed by atoms with Crippen molar-refractivity contribution in [1.29, 1.82) is 0 Å². The largest absolute Gasteiger partial charge is 0.478 e. The number of hydrogen-bond donors (Lipinski definition) is 2. The summed E-state index contributed by atoms with van der Waals surface area (Å²) in [5.41, 5.74) is 0.0633. The van der Waals surface area contributed by atoms with E-state index >= 15 is 0 Å². The molecule has 0 saturated heterocycles. The van der Waals surface area contributed by atoms with Gasteiger partial charge in [0.15, 0.2) is 0 Å². The van der Waals surface area contributed by atoms with E-state index in [1.807, 2.05) is 0 Å². The first-order chi connectivity index (χ1) is 6.99. The third-order valence-corrected chi connectivity index (χ3v) is 2.00. The number of benzene rings is 1. The Morgan fingerprint density at radius 2 is 1.87 bits per heavy atom. The summed E-state index contributed by atoms with van der Waals surface area (Å²) in [4.78, 5) is 21.7. The van der Waals surface area contributed by atoms with Gasteiger partial charge in [0.2, 0.25) is 0 Å². The average molecular weight is 204 g/mol. The van der Waals surface area contributed by atoms with Crippen LogP contribution in [0.3, 0.4) is 0 Å². The molecule has 0 aliphatic carbocycles. The van der Waals surface area contributed by atoms with Crippen LogP contribution < -0.4 is 0 Å². The van der Waals surface area contributed by atoms with Crippen LogP contribution in [0, 0.1) is 19.3 Å². The van der Waals surface area contributed by atoms with Gasteiger partial charge in [-0.1, -0.05) is 12.0 Å². The summed E-state index contributed by atoms with van der Waals surface area (Å²) in [7, 11) is 0. The molecule has 2 N–H and O–H groups in total. The van der Waals surface area contributed by atoms with E-state index in [1.54, 1.807) is 6.92 Å². The molecule has 0 atom stereocenters. The van der Waals surface area contributed by atoms with Gasteiger partial charge in [0.05, 0.1) is 11.1 Å². The van der Waals surface area contributed by atoms with Crippen LogP contribution in [0.1, 0.15) is 31.8 Å². The molecular formula is C11H8O4. The molecule has 0 aromatic heterocycles. The fraction of sp³-hybridized carbons (Fsp3) is 0.0909. The van der Waals surface area contributed by atoms with Gasteiger partial charge >= 0.3 is 11.9 Å². The van der Waals surface area contributed by atoms with Gasteiger partial charge in [-0.2, -0.15) is 0 Å². The minimum absolute atomic E-state index is 0.113. The number of carboxylic acids is 2. The molecule has 1 aromatic carbocycles. The normalized spacial score (nSPS) is 9.33. The molecule has 1 rings (SSSR count). The summed E-state index contributed by atoms with van der Waals surface area (Å²) >= 11 is 0. The fourth-order valence-corrected chi connectivity index (χ4v) is 1.29. The molecule has 76 valence electrons. The van der Waals surface area contributed by atoms with Gasteiger partial charge in [0.25, 0.3) is 0 Å². The van der Waals surface area contributed by atoms with Crippen molar-refractivity contribution in [3.8, 4) is 12.3 Å². The molecule has 0 fully saturated rings. The molecule has 0 unspecified atom stereocenters. The number of rotatable bonds is 2. The second-order valence-corrected chi connectivity index (χ2v) is 2.93. The summed E-state index contributed by atoms with van der Waals surface area (Å²) in [6, 6.07) is 2.73. The molecule has 1 aromatic rings. The molecule has 0 heterocycles. The highest BCUT2D eigenvalue weighted by Gasteiger charge is 2.20. The minimum Gasteiger partial charge on any atom is -0.478 e. The number of hydrogen-bond acceptors (Lipinski definition) is 2. The van der Waals surface area contributed by atoms with Gasteiger partial charge in [-0.15, -0.1) is 6.42 Å². The van der Waals surface area contributed by atoms with Gasteiger partial charge in [-0.25, -0.2) is 9.59 Å². The Morgan fingerprint density at radius 1 is 1.27 bits per heavy atom. The smallest absolute Gasteiger partial charge is 0.337 e. The predicted molar refractivity (Wildman–Crippen MR) is 53.0 cm³/mol. The second-order valence-electron chi connectivity index (χ2n) is 2.93. The Kier molecular flexibility index (Phi) is 2.77. The van der Waals surface area contributed by atoms with Crippen LogP contribution in [0.2, 0.25) is 0 Å². The quantitative estimate of drug-likeness (QED) is 0.713. The van der Waals surface area contributed by atoms with Crippen molar-refractivity contribution in [2.24, 2.45) is 0 Å². The molecule has 4 heteroatoms. The van der Waals surface area contributed by atoms with Crippen molar-refractivity contribution in [2.75, 3.05) is 0 Å². The van der Waals surface area contributed by atoms with Crippen molar-refractivity contribution in [2.45, 2.75) is 6.92 Å². The Balaban J connectivity index is 3.66. The summed E-state index contributed by atoms with van der Waals surface area (Å²) in [5, 5.41) is 17.7. The molecule has 15 heavy (non-hydrogen) atoms. The zero-order valence-corrected chi connectivity index (χ0v) is 7.94. The van der Waals surface area contributed by atoms with Crippen LogP contribution in [-0.2, 0) is 0 Å². The first-order valence-electron chi connectivity index (χ1n) is 4.05. The maximum Gasteiger partial charge on any atom is 0.337 e. The topological polar surface area (TPSA) is 74.6 Å². The molecule has 0 radical (unpaired) electrons. The third kappa shape index (κ3) is 1.81. The highest BCUT2D eigenvalue weighted by Crippen LogP contribution is 2.18. The van der Waals surface area contributed by atoms with Crippen molar-refractivity contribution in [3.05, 3.63) is 34.4 Å². The lowest BCUT2D eigenvalue weighted by molar-refractivity contribution is 0.0651. The van der Waals surface area contributed by atoms with Crippen molar-refractivity contribution in [1.82, 2.24) is 0 Å². The molecule has 0 saturated carbocycles. The van der Waals surface area contributed by atoms with E-state index in [-0.39, 0.29) is 16.7 Å². The predicted octanol–water partition coefficient (Wildman–Crippen LogP) is 1.37. The molecule has 4 nitrogen and oxygen atoms in total. The van der Waals surface area contributed by atoms with Crippen LogP contribution >= 0.6 is 0 Å². The van der Waals surface area contributed by atoms with Crippen LogP contribution in [0.4, 0.5) is 0 Å². The number of aryl methyl sites for hydroxylation is 1.